The van der Waals surface area contributed by atoms with E-state index in [-0.39, 0.29) is 5.69 Å². The van der Waals surface area contributed by atoms with Crippen LogP contribution in [0, 0.1) is 5.92 Å². The number of piperidine rings is 1. The molecule has 6 heteroatoms. The van der Waals surface area contributed by atoms with Gasteiger partial charge in [0.15, 0.2) is 5.69 Å². The van der Waals surface area contributed by atoms with Gasteiger partial charge in [0.05, 0.1) is 6.61 Å². The molecule has 1 aromatic rings. The minimum absolute atomic E-state index is 0.245. The van der Waals surface area contributed by atoms with Crippen molar-refractivity contribution in [1.82, 2.24) is 10.3 Å². The summed E-state index contributed by atoms with van der Waals surface area (Å²) in [6, 6.07) is 0.519. The molecule has 19 heavy (non-hydrogen) atoms. The second-order valence-corrected chi connectivity index (χ2v) is 4.72. The molecule has 106 valence electrons. The summed E-state index contributed by atoms with van der Waals surface area (Å²) < 4.78 is 10.3. The zero-order valence-corrected chi connectivity index (χ0v) is 11.5. The maximum absolute atomic E-state index is 11.5. The van der Waals surface area contributed by atoms with Gasteiger partial charge in [-0.25, -0.2) is 4.79 Å². The maximum atomic E-state index is 11.5. The number of hydrogen-bond acceptors (Lipinski definition) is 6. The summed E-state index contributed by atoms with van der Waals surface area (Å²) in [5.74, 6) is 0.281. The molecule has 0 radical (unpaired) electrons. The Morgan fingerprint density at radius 1 is 1.58 bits per heavy atom. The predicted octanol–water partition coefficient (Wildman–Crippen LogP) is 1.29. The summed E-state index contributed by atoms with van der Waals surface area (Å²) >= 11 is 0. The Morgan fingerprint density at radius 2 is 2.32 bits per heavy atom. The second-order valence-electron chi connectivity index (χ2n) is 4.72. The number of carbonyl (C=O) groups excluding carboxylic acids is 1. The van der Waals surface area contributed by atoms with Crippen LogP contribution in [0.15, 0.2) is 10.7 Å². The fourth-order valence-corrected chi connectivity index (χ4v) is 2.33. The standard InChI is InChI=1S/C13H21N3O3/c1-3-18-12(17)11-9-19-13(15-11)16-6-4-10(5-7-16)8-14-2/h9-10,14H,3-8H2,1-2H3. The van der Waals surface area contributed by atoms with Gasteiger partial charge in [0.1, 0.15) is 6.26 Å². The number of oxazole rings is 1. The van der Waals surface area contributed by atoms with Gasteiger partial charge in [-0.1, -0.05) is 0 Å². The van der Waals surface area contributed by atoms with Crippen LogP contribution in [0.25, 0.3) is 0 Å². The van der Waals surface area contributed by atoms with Crippen LogP contribution in [0.4, 0.5) is 6.01 Å². The molecule has 0 aliphatic carbocycles. The Balaban J connectivity index is 1.91. The quantitative estimate of drug-likeness (QED) is 0.811. The largest absolute Gasteiger partial charge is 0.461 e. The molecular formula is C13H21N3O3. The third-order valence-corrected chi connectivity index (χ3v) is 3.35. The molecule has 1 N–H and O–H groups in total. The van der Waals surface area contributed by atoms with Crippen molar-refractivity contribution in [3.05, 3.63) is 12.0 Å². The Hall–Kier alpha value is -1.56. The van der Waals surface area contributed by atoms with Crippen molar-refractivity contribution in [1.29, 1.82) is 0 Å². The van der Waals surface area contributed by atoms with Crippen molar-refractivity contribution in [2.24, 2.45) is 5.92 Å². The normalized spacial score (nSPS) is 16.6. The lowest BCUT2D eigenvalue weighted by Crippen LogP contribution is -2.36. The van der Waals surface area contributed by atoms with Crippen LogP contribution in [-0.2, 0) is 4.74 Å². The minimum Gasteiger partial charge on any atom is -0.461 e. The smallest absolute Gasteiger partial charge is 0.360 e. The van der Waals surface area contributed by atoms with Crippen LogP contribution < -0.4 is 10.2 Å². The van der Waals surface area contributed by atoms with E-state index in [0.717, 1.165) is 32.5 Å². The predicted molar refractivity (Wildman–Crippen MR) is 71.3 cm³/mol. The number of hydrogen-bond donors (Lipinski definition) is 1. The fraction of sp³-hybridized carbons (Fsp3) is 0.692. The first kappa shape index (κ1) is 13.9. The van der Waals surface area contributed by atoms with E-state index in [9.17, 15) is 4.79 Å². The minimum atomic E-state index is -0.428. The zero-order chi connectivity index (χ0) is 13.7. The average molecular weight is 267 g/mol. The third kappa shape index (κ3) is 3.47. The lowest BCUT2D eigenvalue weighted by atomic mass is 9.97. The van der Waals surface area contributed by atoms with E-state index < -0.39 is 5.97 Å². The highest BCUT2D eigenvalue weighted by Gasteiger charge is 2.23. The third-order valence-electron chi connectivity index (χ3n) is 3.35. The van der Waals surface area contributed by atoms with E-state index in [1.165, 1.54) is 6.26 Å². The molecule has 1 aliphatic heterocycles. The summed E-state index contributed by atoms with van der Waals surface area (Å²) in [5, 5.41) is 3.21. The number of aromatic nitrogens is 1. The fourth-order valence-electron chi connectivity index (χ4n) is 2.33. The van der Waals surface area contributed by atoms with Crippen molar-refractivity contribution < 1.29 is 13.9 Å². The van der Waals surface area contributed by atoms with Crippen molar-refractivity contribution in [2.45, 2.75) is 19.8 Å². The number of esters is 1. The molecule has 0 spiro atoms. The van der Waals surface area contributed by atoms with Crippen LogP contribution in [-0.4, -0.2) is 44.2 Å². The van der Waals surface area contributed by atoms with Crippen molar-refractivity contribution in [2.75, 3.05) is 38.2 Å². The van der Waals surface area contributed by atoms with Crippen LogP contribution in [0.2, 0.25) is 0 Å². The van der Waals surface area contributed by atoms with Crippen LogP contribution in [0.5, 0.6) is 0 Å². The highest BCUT2D eigenvalue weighted by Crippen LogP contribution is 2.22. The van der Waals surface area contributed by atoms with Gasteiger partial charge in [0.25, 0.3) is 6.01 Å². The van der Waals surface area contributed by atoms with Gasteiger partial charge in [-0.15, -0.1) is 0 Å². The molecule has 1 fully saturated rings. The Morgan fingerprint density at radius 3 is 2.95 bits per heavy atom. The summed E-state index contributed by atoms with van der Waals surface area (Å²) in [5.41, 5.74) is 0.245. The van der Waals surface area contributed by atoms with E-state index in [2.05, 4.69) is 15.2 Å². The number of rotatable bonds is 5. The van der Waals surface area contributed by atoms with E-state index in [0.29, 0.717) is 18.5 Å². The van der Waals surface area contributed by atoms with Gasteiger partial charge in [0.2, 0.25) is 0 Å². The molecule has 1 aromatic heterocycles. The molecule has 0 aromatic carbocycles. The number of anilines is 1. The molecule has 0 atom stereocenters. The highest BCUT2D eigenvalue weighted by molar-refractivity contribution is 5.87. The molecular weight excluding hydrogens is 246 g/mol. The molecule has 2 heterocycles. The Kier molecular flexibility index (Phi) is 4.79. The van der Waals surface area contributed by atoms with E-state index >= 15 is 0 Å². The number of carbonyl (C=O) groups is 1. The average Bonchev–Trinajstić information content (AvgIpc) is 2.90. The van der Waals surface area contributed by atoms with Crippen LogP contribution >= 0.6 is 0 Å². The molecule has 1 aliphatic rings. The zero-order valence-electron chi connectivity index (χ0n) is 11.5. The van der Waals surface area contributed by atoms with E-state index in [4.69, 9.17) is 9.15 Å². The summed E-state index contributed by atoms with van der Waals surface area (Å²) in [6.45, 7) is 4.99. The second kappa shape index (κ2) is 6.56. The number of nitrogens with zero attached hydrogens (tertiary/aromatic N) is 2. The van der Waals surface area contributed by atoms with Gasteiger partial charge < -0.3 is 19.4 Å². The molecule has 1 saturated heterocycles. The SMILES string of the molecule is CCOC(=O)c1coc(N2CCC(CNC)CC2)n1. The lowest BCUT2D eigenvalue weighted by molar-refractivity contribution is 0.0519. The van der Waals surface area contributed by atoms with Gasteiger partial charge in [0, 0.05) is 13.1 Å². The maximum Gasteiger partial charge on any atom is 0.360 e. The number of ether oxygens (including phenoxy) is 1. The Bertz CT molecular complexity index is 411. The first-order chi connectivity index (χ1) is 9.24. The summed E-state index contributed by atoms with van der Waals surface area (Å²) in [7, 11) is 1.98. The first-order valence-electron chi connectivity index (χ1n) is 6.76. The molecule has 6 nitrogen and oxygen atoms in total. The first-order valence-corrected chi connectivity index (χ1v) is 6.76. The van der Waals surface area contributed by atoms with Gasteiger partial charge >= 0.3 is 5.97 Å². The topological polar surface area (TPSA) is 67.6 Å². The summed E-state index contributed by atoms with van der Waals surface area (Å²) in [6.07, 6.45) is 3.59. The molecule has 0 unspecified atom stereocenters. The highest BCUT2D eigenvalue weighted by atomic mass is 16.5. The Labute approximate surface area is 113 Å². The summed E-state index contributed by atoms with van der Waals surface area (Å²) in [4.78, 5) is 17.8. The number of nitrogens with one attached hydrogen (secondary N) is 1. The lowest BCUT2D eigenvalue weighted by Gasteiger charge is -2.30. The molecule has 0 bridgehead atoms. The molecule has 0 amide bonds. The molecule has 0 saturated carbocycles. The monoisotopic (exact) mass is 267 g/mol. The van der Waals surface area contributed by atoms with Crippen molar-refractivity contribution in [3.63, 3.8) is 0 Å². The van der Waals surface area contributed by atoms with E-state index in [1.54, 1.807) is 6.92 Å². The van der Waals surface area contributed by atoms with Crippen LogP contribution in [0.3, 0.4) is 0 Å². The van der Waals surface area contributed by atoms with Gasteiger partial charge in [-0.05, 0) is 39.3 Å². The van der Waals surface area contributed by atoms with Gasteiger partial charge in [-0.2, -0.15) is 4.98 Å². The van der Waals surface area contributed by atoms with E-state index in [1.807, 2.05) is 7.05 Å². The van der Waals surface area contributed by atoms with Crippen LogP contribution in [0.1, 0.15) is 30.3 Å². The van der Waals surface area contributed by atoms with Gasteiger partial charge in [-0.3, -0.25) is 0 Å². The van der Waals surface area contributed by atoms with Crippen molar-refractivity contribution in [3.8, 4) is 0 Å². The molecule has 2 rings (SSSR count). The van der Waals surface area contributed by atoms with Crippen molar-refractivity contribution >= 4 is 12.0 Å².